The molecule has 2 rings (SSSR count). The summed E-state index contributed by atoms with van der Waals surface area (Å²) in [6.45, 7) is 2.88. The number of nitrogens with two attached hydrogens (primary N) is 1. The number of rotatable bonds is 0. The first-order valence-electron chi connectivity index (χ1n) is 3.94. The Bertz CT molecular complexity index is 265. The van der Waals surface area contributed by atoms with E-state index in [9.17, 15) is 0 Å². The van der Waals surface area contributed by atoms with Crippen LogP contribution in [0.3, 0.4) is 0 Å². The molecule has 0 saturated carbocycles. The van der Waals surface area contributed by atoms with Gasteiger partial charge in [-0.05, 0) is 19.8 Å². The first-order valence-corrected chi connectivity index (χ1v) is 3.94. The summed E-state index contributed by atoms with van der Waals surface area (Å²) in [7, 11) is 0. The highest BCUT2D eigenvalue weighted by atomic mass is 15.4. The minimum Gasteiger partial charge on any atom is -0.321 e. The first-order chi connectivity index (χ1) is 5.27. The zero-order valence-corrected chi connectivity index (χ0v) is 6.62. The van der Waals surface area contributed by atoms with Crippen LogP contribution in [0.25, 0.3) is 0 Å². The van der Waals surface area contributed by atoms with Crippen molar-refractivity contribution in [3.8, 4) is 0 Å². The summed E-state index contributed by atoms with van der Waals surface area (Å²) in [4.78, 5) is 4.26. The standard InChI is InChI=1S/C7H12N4/c1-5-9-7-6(8)3-2-4-11(7)10-5/h6H,2-4,8H2,1H3. The summed E-state index contributed by atoms with van der Waals surface area (Å²) < 4.78 is 1.92. The number of nitrogens with zero attached hydrogens (tertiary/aromatic N) is 3. The van der Waals surface area contributed by atoms with Gasteiger partial charge in [0.1, 0.15) is 11.6 Å². The molecule has 0 saturated heterocycles. The molecular formula is C7H12N4. The van der Waals surface area contributed by atoms with E-state index in [1.807, 2.05) is 11.6 Å². The van der Waals surface area contributed by atoms with Crippen molar-refractivity contribution in [3.05, 3.63) is 11.6 Å². The van der Waals surface area contributed by atoms with Crippen molar-refractivity contribution in [2.75, 3.05) is 0 Å². The van der Waals surface area contributed by atoms with Gasteiger partial charge in [-0.3, -0.25) is 0 Å². The number of hydrogen-bond donors (Lipinski definition) is 1. The molecule has 1 aliphatic heterocycles. The lowest BCUT2D eigenvalue weighted by Gasteiger charge is -2.17. The smallest absolute Gasteiger partial charge is 0.147 e. The van der Waals surface area contributed by atoms with Crippen LogP contribution in [-0.4, -0.2) is 14.8 Å². The molecule has 0 aliphatic carbocycles. The third-order valence-electron chi connectivity index (χ3n) is 2.02. The van der Waals surface area contributed by atoms with E-state index in [-0.39, 0.29) is 6.04 Å². The van der Waals surface area contributed by atoms with Crippen LogP contribution >= 0.6 is 0 Å². The van der Waals surface area contributed by atoms with Gasteiger partial charge in [0.25, 0.3) is 0 Å². The number of fused-ring (bicyclic) bond motifs is 1. The predicted molar refractivity (Wildman–Crippen MR) is 40.9 cm³/mol. The summed E-state index contributed by atoms with van der Waals surface area (Å²) in [5.41, 5.74) is 5.84. The van der Waals surface area contributed by atoms with Gasteiger partial charge < -0.3 is 5.73 Å². The van der Waals surface area contributed by atoms with Crippen LogP contribution < -0.4 is 5.73 Å². The lowest BCUT2D eigenvalue weighted by atomic mass is 10.1. The van der Waals surface area contributed by atoms with Crippen LogP contribution in [0.1, 0.15) is 30.5 Å². The van der Waals surface area contributed by atoms with Gasteiger partial charge in [-0.25, -0.2) is 9.67 Å². The molecule has 0 spiro atoms. The van der Waals surface area contributed by atoms with Gasteiger partial charge >= 0.3 is 0 Å². The SMILES string of the molecule is Cc1nc2n(n1)CCCC2N. The molecular weight excluding hydrogens is 140 g/mol. The second-order valence-electron chi connectivity index (χ2n) is 2.99. The van der Waals surface area contributed by atoms with Gasteiger partial charge in [-0.1, -0.05) is 0 Å². The molecule has 11 heavy (non-hydrogen) atoms. The molecule has 4 nitrogen and oxygen atoms in total. The van der Waals surface area contributed by atoms with Crippen molar-refractivity contribution in [2.24, 2.45) is 5.73 Å². The Kier molecular flexibility index (Phi) is 1.42. The van der Waals surface area contributed by atoms with Crippen LogP contribution in [0, 0.1) is 6.92 Å². The van der Waals surface area contributed by atoms with Crippen molar-refractivity contribution >= 4 is 0 Å². The Morgan fingerprint density at radius 2 is 2.45 bits per heavy atom. The quantitative estimate of drug-likeness (QED) is 0.584. The molecule has 4 heteroatoms. The van der Waals surface area contributed by atoms with E-state index in [2.05, 4.69) is 10.1 Å². The molecule has 60 valence electrons. The second-order valence-corrected chi connectivity index (χ2v) is 2.99. The molecule has 0 aromatic carbocycles. The van der Waals surface area contributed by atoms with Gasteiger partial charge in [-0.2, -0.15) is 5.10 Å². The lowest BCUT2D eigenvalue weighted by molar-refractivity contribution is 0.422. The normalized spacial score (nSPS) is 23.3. The van der Waals surface area contributed by atoms with Gasteiger partial charge in [-0.15, -0.1) is 0 Å². The molecule has 0 fully saturated rings. The minimum absolute atomic E-state index is 0.102. The van der Waals surface area contributed by atoms with Gasteiger partial charge in [0.2, 0.25) is 0 Å². The van der Waals surface area contributed by atoms with Crippen LogP contribution in [0.15, 0.2) is 0 Å². The van der Waals surface area contributed by atoms with Crippen molar-refractivity contribution < 1.29 is 0 Å². The molecule has 1 atom stereocenters. The third-order valence-corrected chi connectivity index (χ3v) is 2.02. The minimum atomic E-state index is 0.102. The molecule has 1 unspecified atom stereocenters. The Morgan fingerprint density at radius 1 is 1.64 bits per heavy atom. The maximum absolute atomic E-state index is 5.84. The maximum atomic E-state index is 5.84. The van der Waals surface area contributed by atoms with Gasteiger partial charge in [0, 0.05) is 6.54 Å². The average molecular weight is 152 g/mol. The average Bonchev–Trinajstić information content (AvgIpc) is 2.31. The van der Waals surface area contributed by atoms with Crippen LogP contribution in [0.5, 0.6) is 0 Å². The molecule has 0 bridgehead atoms. The van der Waals surface area contributed by atoms with E-state index in [4.69, 9.17) is 5.73 Å². The van der Waals surface area contributed by atoms with E-state index in [1.54, 1.807) is 0 Å². The highest BCUT2D eigenvalue weighted by Gasteiger charge is 2.19. The van der Waals surface area contributed by atoms with Crippen LogP contribution in [0.4, 0.5) is 0 Å². The highest BCUT2D eigenvalue weighted by molar-refractivity contribution is 4.99. The summed E-state index contributed by atoms with van der Waals surface area (Å²) >= 11 is 0. The summed E-state index contributed by atoms with van der Waals surface area (Å²) in [5, 5.41) is 4.23. The van der Waals surface area contributed by atoms with Gasteiger partial charge in [0.15, 0.2) is 0 Å². The van der Waals surface area contributed by atoms with Crippen molar-refractivity contribution in [1.82, 2.24) is 14.8 Å². The molecule has 1 aliphatic rings. The number of aromatic nitrogens is 3. The van der Waals surface area contributed by atoms with E-state index in [0.717, 1.165) is 31.0 Å². The fourth-order valence-electron chi connectivity index (χ4n) is 1.50. The molecule has 2 heterocycles. The monoisotopic (exact) mass is 152 g/mol. The number of hydrogen-bond acceptors (Lipinski definition) is 3. The van der Waals surface area contributed by atoms with Gasteiger partial charge in [0.05, 0.1) is 6.04 Å². The first kappa shape index (κ1) is 6.79. The fraction of sp³-hybridized carbons (Fsp3) is 0.714. The Labute approximate surface area is 65.4 Å². The van der Waals surface area contributed by atoms with E-state index in [1.165, 1.54) is 0 Å². The Balaban J connectivity index is 2.43. The largest absolute Gasteiger partial charge is 0.321 e. The van der Waals surface area contributed by atoms with Crippen molar-refractivity contribution in [1.29, 1.82) is 0 Å². The zero-order valence-electron chi connectivity index (χ0n) is 6.62. The summed E-state index contributed by atoms with van der Waals surface area (Å²) in [6, 6.07) is 0.102. The highest BCUT2D eigenvalue weighted by Crippen LogP contribution is 2.19. The Morgan fingerprint density at radius 3 is 3.18 bits per heavy atom. The third kappa shape index (κ3) is 1.03. The second kappa shape index (κ2) is 2.30. The fourth-order valence-corrected chi connectivity index (χ4v) is 1.50. The number of aryl methyl sites for hydroxylation is 2. The van der Waals surface area contributed by atoms with Crippen molar-refractivity contribution in [3.63, 3.8) is 0 Å². The van der Waals surface area contributed by atoms with E-state index in [0.29, 0.717) is 0 Å². The maximum Gasteiger partial charge on any atom is 0.147 e. The van der Waals surface area contributed by atoms with Crippen LogP contribution in [-0.2, 0) is 6.54 Å². The van der Waals surface area contributed by atoms with E-state index >= 15 is 0 Å². The Hall–Kier alpha value is -0.900. The molecule has 0 radical (unpaired) electrons. The molecule has 1 aromatic heterocycles. The summed E-state index contributed by atoms with van der Waals surface area (Å²) in [6.07, 6.45) is 2.16. The van der Waals surface area contributed by atoms with E-state index < -0.39 is 0 Å². The van der Waals surface area contributed by atoms with Crippen LogP contribution in [0.2, 0.25) is 0 Å². The zero-order chi connectivity index (χ0) is 7.84. The molecule has 1 aromatic rings. The topological polar surface area (TPSA) is 56.7 Å². The lowest BCUT2D eigenvalue weighted by Crippen LogP contribution is -2.22. The predicted octanol–water partition coefficient (Wildman–Crippen LogP) is 0.380. The summed E-state index contributed by atoms with van der Waals surface area (Å²) in [5.74, 6) is 1.78. The molecule has 2 N–H and O–H groups in total. The molecule has 0 amide bonds. The van der Waals surface area contributed by atoms with Crippen molar-refractivity contribution in [2.45, 2.75) is 32.4 Å².